The van der Waals surface area contributed by atoms with Crippen LogP contribution in [0.4, 0.5) is 4.39 Å². The molecule has 0 radical (unpaired) electrons. The van der Waals surface area contributed by atoms with Crippen molar-refractivity contribution in [2.45, 2.75) is 109 Å². The van der Waals surface area contributed by atoms with Crippen LogP contribution in [0.1, 0.15) is 108 Å². The molecule has 3 aromatic carbocycles. The van der Waals surface area contributed by atoms with Gasteiger partial charge in [-0.1, -0.05) is 114 Å². The standard InChI is InChI=1S/C41H53FO3/c1-30(34-23-25-37(42)26-24-34)33-17-12-14-32(21-22-33)13-6-3-4-7-15-35-29-36-16-10-11-20-39(36)45-40(41(43)31(35)2)27-28-44-38-18-8-5-9-19-38/h5,8-11,16,18-20,23-26,30-33,35,40H,3-4,6-7,12-15,17,21-22,27-29H2,1-2H3. The molecule has 2 aliphatic rings. The molecule has 0 amide bonds. The zero-order chi connectivity index (χ0) is 31.4. The molecule has 45 heavy (non-hydrogen) atoms. The van der Waals surface area contributed by atoms with Crippen molar-refractivity contribution < 1.29 is 18.7 Å². The van der Waals surface area contributed by atoms with E-state index in [1.54, 1.807) is 12.1 Å². The summed E-state index contributed by atoms with van der Waals surface area (Å²) in [5, 5.41) is 0. The molecule has 1 saturated carbocycles. The van der Waals surface area contributed by atoms with Crippen molar-refractivity contribution >= 4 is 5.78 Å². The third-order valence-electron chi connectivity index (χ3n) is 10.8. The molecule has 3 aromatic rings. The maximum atomic E-state index is 13.7. The molecule has 4 heteroatoms. The average Bonchev–Trinajstić information content (AvgIpc) is 3.31. The van der Waals surface area contributed by atoms with Crippen LogP contribution in [0.25, 0.3) is 0 Å². The minimum atomic E-state index is -0.481. The van der Waals surface area contributed by atoms with Crippen LogP contribution in [0.15, 0.2) is 78.9 Å². The van der Waals surface area contributed by atoms with Crippen molar-refractivity contribution in [3.63, 3.8) is 0 Å². The van der Waals surface area contributed by atoms with Crippen LogP contribution < -0.4 is 9.47 Å². The second-order valence-electron chi connectivity index (χ2n) is 13.8. The van der Waals surface area contributed by atoms with Crippen molar-refractivity contribution in [3.05, 3.63) is 95.8 Å². The predicted molar refractivity (Wildman–Crippen MR) is 181 cm³/mol. The summed E-state index contributed by atoms with van der Waals surface area (Å²) in [6.45, 7) is 4.90. The molecule has 5 rings (SSSR count). The molecule has 0 bridgehead atoms. The molecule has 242 valence electrons. The molecule has 0 saturated heterocycles. The van der Waals surface area contributed by atoms with Crippen LogP contribution in [0.2, 0.25) is 0 Å². The molecular formula is C41H53FO3. The summed E-state index contributed by atoms with van der Waals surface area (Å²) >= 11 is 0. The first-order chi connectivity index (χ1) is 22.0. The second kappa shape index (κ2) is 17.0. The van der Waals surface area contributed by atoms with Crippen LogP contribution in [0.5, 0.6) is 11.5 Å². The van der Waals surface area contributed by atoms with Gasteiger partial charge >= 0.3 is 0 Å². The lowest BCUT2D eigenvalue weighted by atomic mass is 9.79. The average molecular weight is 613 g/mol. The smallest absolute Gasteiger partial charge is 0.176 e. The van der Waals surface area contributed by atoms with E-state index in [0.717, 1.165) is 30.3 Å². The van der Waals surface area contributed by atoms with Crippen LogP contribution in [0.3, 0.4) is 0 Å². The second-order valence-corrected chi connectivity index (χ2v) is 13.8. The number of fused-ring (bicyclic) bond motifs is 1. The van der Waals surface area contributed by atoms with Gasteiger partial charge in [0, 0.05) is 12.3 Å². The highest BCUT2D eigenvalue weighted by molar-refractivity contribution is 5.86. The molecule has 1 aliphatic carbocycles. The SMILES string of the molecule is CC1C(=O)C(CCOc2ccccc2)Oc2ccccc2CC1CCCCCCC1CCCC(C(C)c2ccc(F)cc2)CC1. The molecule has 6 atom stereocenters. The topological polar surface area (TPSA) is 35.5 Å². The van der Waals surface area contributed by atoms with Crippen molar-refractivity contribution in [3.8, 4) is 11.5 Å². The summed E-state index contributed by atoms with van der Waals surface area (Å²) in [6.07, 6.45) is 15.0. The van der Waals surface area contributed by atoms with E-state index in [0.29, 0.717) is 30.8 Å². The minimum Gasteiger partial charge on any atom is -0.493 e. The molecule has 0 aromatic heterocycles. The highest BCUT2D eigenvalue weighted by Gasteiger charge is 2.34. The minimum absolute atomic E-state index is 0.0312. The lowest BCUT2D eigenvalue weighted by Gasteiger charge is -2.31. The van der Waals surface area contributed by atoms with Crippen molar-refractivity contribution in [2.24, 2.45) is 23.7 Å². The number of halogens is 1. The fraction of sp³-hybridized carbons (Fsp3) is 0.537. The molecule has 6 unspecified atom stereocenters. The number of para-hydroxylation sites is 2. The lowest BCUT2D eigenvalue weighted by molar-refractivity contribution is -0.132. The van der Waals surface area contributed by atoms with Gasteiger partial charge < -0.3 is 9.47 Å². The number of unbranched alkanes of at least 4 members (excludes halogenated alkanes) is 3. The van der Waals surface area contributed by atoms with E-state index in [4.69, 9.17) is 9.47 Å². The monoisotopic (exact) mass is 612 g/mol. The number of hydrogen-bond donors (Lipinski definition) is 0. The first kappa shape index (κ1) is 33.2. The molecule has 1 aliphatic heterocycles. The van der Waals surface area contributed by atoms with Gasteiger partial charge in [-0.05, 0) is 90.8 Å². The predicted octanol–water partition coefficient (Wildman–Crippen LogP) is 10.8. The summed E-state index contributed by atoms with van der Waals surface area (Å²) in [6, 6.07) is 25.2. The van der Waals surface area contributed by atoms with E-state index in [-0.39, 0.29) is 17.5 Å². The first-order valence-corrected chi connectivity index (χ1v) is 17.7. The number of carbonyl (C=O) groups excluding carboxylic acids is 1. The number of rotatable bonds is 13. The van der Waals surface area contributed by atoms with Gasteiger partial charge in [-0.3, -0.25) is 4.79 Å². The van der Waals surface area contributed by atoms with E-state index < -0.39 is 6.10 Å². The first-order valence-electron chi connectivity index (χ1n) is 17.7. The zero-order valence-corrected chi connectivity index (χ0v) is 27.5. The summed E-state index contributed by atoms with van der Waals surface area (Å²) in [5.41, 5.74) is 2.50. The Morgan fingerprint density at radius 1 is 0.822 bits per heavy atom. The molecule has 0 spiro atoms. The highest BCUT2D eigenvalue weighted by atomic mass is 19.1. The van der Waals surface area contributed by atoms with Crippen LogP contribution >= 0.6 is 0 Å². The Hall–Kier alpha value is -3.14. The molecular weight excluding hydrogens is 559 g/mol. The number of ketones is 1. The van der Waals surface area contributed by atoms with Crippen molar-refractivity contribution in [2.75, 3.05) is 6.61 Å². The Kier molecular flexibility index (Phi) is 12.5. The summed E-state index contributed by atoms with van der Waals surface area (Å²) in [7, 11) is 0. The van der Waals surface area contributed by atoms with Crippen molar-refractivity contribution in [1.29, 1.82) is 0 Å². The quantitative estimate of drug-likeness (QED) is 0.142. The molecule has 3 nitrogen and oxygen atoms in total. The Labute approximate surface area is 270 Å². The van der Waals surface area contributed by atoms with Gasteiger partial charge in [-0.25, -0.2) is 4.39 Å². The van der Waals surface area contributed by atoms with Gasteiger partial charge in [0.2, 0.25) is 0 Å². The maximum Gasteiger partial charge on any atom is 0.176 e. The van der Waals surface area contributed by atoms with Gasteiger partial charge in [0.1, 0.15) is 17.3 Å². The largest absolute Gasteiger partial charge is 0.493 e. The van der Waals surface area contributed by atoms with Crippen LogP contribution in [-0.2, 0) is 11.2 Å². The Morgan fingerprint density at radius 3 is 2.36 bits per heavy atom. The van der Waals surface area contributed by atoms with Gasteiger partial charge in [0.25, 0.3) is 0 Å². The van der Waals surface area contributed by atoms with Gasteiger partial charge in [-0.15, -0.1) is 0 Å². The van der Waals surface area contributed by atoms with Crippen LogP contribution in [-0.4, -0.2) is 18.5 Å². The van der Waals surface area contributed by atoms with E-state index in [1.807, 2.05) is 54.6 Å². The third kappa shape index (κ3) is 9.67. The summed E-state index contributed by atoms with van der Waals surface area (Å²) in [4.78, 5) is 13.7. The molecule has 1 heterocycles. The number of benzene rings is 3. The molecule has 1 fully saturated rings. The van der Waals surface area contributed by atoms with Crippen molar-refractivity contribution in [1.82, 2.24) is 0 Å². The van der Waals surface area contributed by atoms with Crippen LogP contribution in [0, 0.1) is 29.5 Å². The van der Waals surface area contributed by atoms with E-state index >= 15 is 0 Å². The summed E-state index contributed by atoms with van der Waals surface area (Å²) < 4.78 is 25.7. The number of hydrogen-bond acceptors (Lipinski definition) is 3. The van der Waals surface area contributed by atoms with Gasteiger partial charge in [-0.2, -0.15) is 0 Å². The number of carbonyl (C=O) groups is 1. The van der Waals surface area contributed by atoms with E-state index in [2.05, 4.69) is 26.0 Å². The van der Waals surface area contributed by atoms with Gasteiger partial charge in [0.15, 0.2) is 11.9 Å². The van der Waals surface area contributed by atoms with E-state index in [9.17, 15) is 9.18 Å². The zero-order valence-electron chi connectivity index (χ0n) is 27.5. The molecule has 0 N–H and O–H groups in total. The fourth-order valence-corrected chi connectivity index (χ4v) is 7.76. The Bertz CT molecular complexity index is 1310. The van der Waals surface area contributed by atoms with E-state index in [1.165, 1.54) is 75.3 Å². The maximum absolute atomic E-state index is 13.7. The fourth-order valence-electron chi connectivity index (χ4n) is 7.76. The normalized spacial score (nSPS) is 24.4. The van der Waals surface area contributed by atoms with Gasteiger partial charge in [0.05, 0.1) is 6.61 Å². The Morgan fingerprint density at radius 2 is 1.56 bits per heavy atom. The number of Topliss-reactive ketones (excluding diaryl/α,β-unsaturated/α-hetero) is 1. The number of ether oxygens (including phenoxy) is 2. The lowest BCUT2D eigenvalue weighted by Crippen LogP contribution is -2.39. The highest BCUT2D eigenvalue weighted by Crippen LogP contribution is 2.38. The third-order valence-corrected chi connectivity index (χ3v) is 10.8. The Balaban J connectivity index is 1.05. The summed E-state index contributed by atoms with van der Waals surface area (Å²) in [5.74, 6) is 4.10.